The van der Waals surface area contributed by atoms with Crippen LogP contribution in [0.5, 0.6) is 17.4 Å². The fourth-order valence-electron chi connectivity index (χ4n) is 2.91. The van der Waals surface area contributed by atoms with Crippen molar-refractivity contribution in [2.45, 2.75) is 6.92 Å². The zero-order valence-electron chi connectivity index (χ0n) is 16.2. The van der Waals surface area contributed by atoms with Gasteiger partial charge in [-0.1, -0.05) is 18.2 Å². The highest BCUT2D eigenvalue weighted by Gasteiger charge is 2.26. The van der Waals surface area contributed by atoms with E-state index in [0.717, 1.165) is 11.1 Å². The van der Waals surface area contributed by atoms with E-state index in [-0.39, 0.29) is 17.4 Å². The molecule has 9 nitrogen and oxygen atoms in total. The number of methoxy groups -OCH3 is 1. The Kier molecular flexibility index (Phi) is 5.08. The van der Waals surface area contributed by atoms with Crippen molar-refractivity contribution < 1.29 is 14.4 Å². The third-order valence-electron chi connectivity index (χ3n) is 4.35. The van der Waals surface area contributed by atoms with Crippen LogP contribution in [0.25, 0.3) is 10.9 Å². The third-order valence-corrected chi connectivity index (χ3v) is 4.35. The minimum Gasteiger partial charge on any atom is -0.497 e. The number of hydrogen-bond donors (Lipinski definition) is 1. The Bertz CT molecular complexity index is 1230. The Morgan fingerprint density at radius 3 is 2.57 bits per heavy atom. The topological polar surface area (TPSA) is 112 Å². The van der Waals surface area contributed by atoms with E-state index < -0.39 is 4.92 Å². The average molecular weight is 403 g/mol. The number of ether oxygens (including phenoxy) is 2. The first-order valence-corrected chi connectivity index (χ1v) is 9.00. The lowest BCUT2D eigenvalue weighted by molar-refractivity contribution is -0.385. The molecule has 0 radical (unpaired) electrons. The molecule has 2 heterocycles. The number of pyridine rings is 1. The summed E-state index contributed by atoms with van der Waals surface area (Å²) in [4.78, 5) is 23.7. The molecule has 1 N–H and O–H groups in total. The number of aryl methyl sites for hydroxylation is 1. The lowest BCUT2D eigenvalue weighted by Gasteiger charge is -2.11. The number of anilines is 2. The van der Waals surface area contributed by atoms with E-state index in [1.807, 2.05) is 25.1 Å². The molecule has 4 aromatic rings. The monoisotopic (exact) mass is 403 g/mol. The quantitative estimate of drug-likeness (QED) is 0.361. The molecule has 0 aliphatic carbocycles. The fraction of sp³-hybridized carbons (Fsp3) is 0.0952. The Hall–Kier alpha value is -4.27. The molecule has 0 aliphatic rings. The molecule has 0 saturated heterocycles. The van der Waals surface area contributed by atoms with Crippen LogP contribution >= 0.6 is 0 Å². The summed E-state index contributed by atoms with van der Waals surface area (Å²) < 4.78 is 11.0. The van der Waals surface area contributed by atoms with Crippen LogP contribution in [0.1, 0.15) is 5.69 Å². The lowest BCUT2D eigenvalue weighted by Crippen LogP contribution is -2.04. The van der Waals surface area contributed by atoms with E-state index in [4.69, 9.17) is 9.47 Å². The van der Waals surface area contributed by atoms with Crippen LogP contribution in [-0.4, -0.2) is 27.0 Å². The normalized spacial score (nSPS) is 10.6. The van der Waals surface area contributed by atoms with Crippen LogP contribution in [0.4, 0.5) is 17.2 Å². The summed E-state index contributed by atoms with van der Waals surface area (Å²) in [6.07, 6.45) is 1.21. The van der Waals surface area contributed by atoms with Crippen molar-refractivity contribution in [2.75, 3.05) is 12.4 Å². The number of nitro groups is 1. The predicted octanol–water partition coefficient (Wildman–Crippen LogP) is 4.79. The molecule has 0 saturated carbocycles. The van der Waals surface area contributed by atoms with E-state index in [0.29, 0.717) is 22.7 Å². The van der Waals surface area contributed by atoms with Gasteiger partial charge in [-0.05, 0) is 43.3 Å². The number of nitrogens with zero attached hydrogens (tertiary/aromatic N) is 4. The summed E-state index contributed by atoms with van der Waals surface area (Å²) in [5, 5.41) is 15.6. The Balaban J connectivity index is 1.73. The van der Waals surface area contributed by atoms with Crippen LogP contribution in [-0.2, 0) is 0 Å². The summed E-state index contributed by atoms with van der Waals surface area (Å²) in [6, 6.07) is 16.1. The van der Waals surface area contributed by atoms with Crippen molar-refractivity contribution in [1.29, 1.82) is 0 Å². The van der Waals surface area contributed by atoms with Gasteiger partial charge in [0.05, 0.1) is 12.0 Å². The third kappa shape index (κ3) is 3.81. The molecule has 2 aromatic heterocycles. The lowest BCUT2D eigenvalue weighted by atomic mass is 10.2. The van der Waals surface area contributed by atoms with Gasteiger partial charge in [-0.25, -0.2) is 9.97 Å². The molecule has 0 amide bonds. The number of aromatic nitrogens is 3. The van der Waals surface area contributed by atoms with Crippen LogP contribution in [0, 0.1) is 17.0 Å². The largest absolute Gasteiger partial charge is 0.497 e. The van der Waals surface area contributed by atoms with Crippen LogP contribution in [0.15, 0.2) is 60.9 Å². The summed E-state index contributed by atoms with van der Waals surface area (Å²) in [7, 11) is 1.56. The predicted molar refractivity (Wildman–Crippen MR) is 112 cm³/mol. The maximum Gasteiger partial charge on any atom is 0.373 e. The number of rotatable bonds is 6. The van der Waals surface area contributed by atoms with Crippen molar-refractivity contribution in [1.82, 2.24) is 15.0 Å². The van der Waals surface area contributed by atoms with E-state index >= 15 is 0 Å². The Labute approximate surface area is 171 Å². The average Bonchev–Trinajstić information content (AvgIpc) is 2.74. The van der Waals surface area contributed by atoms with Gasteiger partial charge in [0.2, 0.25) is 5.82 Å². The second-order valence-electron chi connectivity index (χ2n) is 6.37. The first-order valence-electron chi connectivity index (χ1n) is 9.00. The number of nitrogens with one attached hydrogen (secondary N) is 1. The zero-order valence-corrected chi connectivity index (χ0v) is 16.2. The van der Waals surface area contributed by atoms with Gasteiger partial charge in [0.15, 0.2) is 5.75 Å². The minimum atomic E-state index is -0.578. The van der Waals surface area contributed by atoms with E-state index in [2.05, 4.69) is 20.3 Å². The van der Waals surface area contributed by atoms with E-state index in [9.17, 15) is 10.1 Å². The first kappa shape index (κ1) is 19.1. The summed E-state index contributed by atoms with van der Waals surface area (Å²) in [5.74, 6) is 0.871. The standard InChI is InChI=1S/C21H17N5O4/c1-13-6-7-14-4-3-5-17(18(14)24-13)30-21-19(26(27)28)20(22-12-23-21)25-15-8-10-16(29-2)11-9-15/h3-12H,1-2H3,(H,22,23,25). The SMILES string of the molecule is COc1ccc(Nc2ncnc(Oc3cccc4ccc(C)nc34)c2[N+](=O)[O-])cc1. The minimum absolute atomic E-state index is 0.0135. The van der Waals surface area contributed by atoms with Crippen LogP contribution < -0.4 is 14.8 Å². The van der Waals surface area contributed by atoms with Crippen LogP contribution in [0.3, 0.4) is 0 Å². The maximum atomic E-state index is 11.8. The molecule has 0 aliphatic heterocycles. The Morgan fingerprint density at radius 2 is 1.83 bits per heavy atom. The van der Waals surface area contributed by atoms with Gasteiger partial charge >= 0.3 is 11.6 Å². The molecule has 150 valence electrons. The summed E-state index contributed by atoms with van der Waals surface area (Å²) in [5.41, 5.74) is 1.62. The molecule has 0 unspecified atom stereocenters. The highest BCUT2D eigenvalue weighted by molar-refractivity contribution is 5.85. The number of hydrogen-bond acceptors (Lipinski definition) is 8. The molecule has 0 atom stereocenters. The van der Waals surface area contributed by atoms with Gasteiger partial charge in [-0.2, -0.15) is 4.98 Å². The van der Waals surface area contributed by atoms with Crippen molar-refractivity contribution in [3.05, 3.63) is 76.7 Å². The van der Waals surface area contributed by atoms with Gasteiger partial charge < -0.3 is 14.8 Å². The number of fused-ring (bicyclic) bond motifs is 1. The first-order chi connectivity index (χ1) is 14.5. The van der Waals surface area contributed by atoms with Gasteiger partial charge in [-0.3, -0.25) is 10.1 Å². The molecule has 2 aromatic carbocycles. The molecule has 9 heteroatoms. The number of para-hydroxylation sites is 1. The zero-order chi connectivity index (χ0) is 21.1. The molecule has 0 fully saturated rings. The molecular weight excluding hydrogens is 386 g/mol. The molecule has 0 spiro atoms. The highest BCUT2D eigenvalue weighted by atomic mass is 16.6. The second-order valence-corrected chi connectivity index (χ2v) is 6.37. The molecule has 0 bridgehead atoms. The molecular formula is C21H17N5O4. The summed E-state index contributed by atoms with van der Waals surface area (Å²) in [6.45, 7) is 1.86. The van der Waals surface area contributed by atoms with Gasteiger partial charge in [0, 0.05) is 16.8 Å². The fourth-order valence-corrected chi connectivity index (χ4v) is 2.91. The second kappa shape index (κ2) is 8.00. The smallest absolute Gasteiger partial charge is 0.373 e. The van der Waals surface area contributed by atoms with Gasteiger partial charge in [0.1, 0.15) is 17.6 Å². The number of benzene rings is 2. The van der Waals surface area contributed by atoms with E-state index in [1.165, 1.54) is 6.33 Å². The summed E-state index contributed by atoms with van der Waals surface area (Å²) >= 11 is 0. The highest BCUT2D eigenvalue weighted by Crippen LogP contribution is 2.37. The molecule has 4 rings (SSSR count). The van der Waals surface area contributed by atoms with Crippen molar-refractivity contribution in [3.8, 4) is 17.4 Å². The van der Waals surface area contributed by atoms with Crippen LogP contribution in [0.2, 0.25) is 0 Å². The molecule has 30 heavy (non-hydrogen) atoms. The van der Waals surface area contributed by atoms with Crippen molar-refractivity contribution in [3.63, 3.8) is 0 Å². The van der Waals surface area contributed by atoms with E-state index in [1.54, 1.807) is 43.5 Å². The van der Waals surface area contributed by atoms with Crippen molar-refractivity contribution in [2.24, 2.45) is 0 Å². The van der Waals surface area contributed by atoms with Gasteiger partial charge in [-0.15, -0.1) is 0 Å². The maximum absolute atomic E-state index is 11.8. The Morgan fingerprint density at radius 1 is 1.03 bits per heavy atom. The van der Waals surface area contributed by atoms with Gasteiger partial charge in [0.25, 0.3) is 0 Å². The van der Waals surface area contributed by atoms with Crippen molar-refractivity contribution >= 4 is 28.1 Å².